The van der Waals surface area contributed by atoms with Crippen molar-refractivity contribution in [3.63, 3.8) is 0 Å². The van der Waals surface area contributed by atoms with Crippen molar-refractivity contribution in [2.45, 2.75) is 4.90 Å². The molecule has 2 rings (SSSR count). The van der Waals surface area contributed by atoms with Gasteiger partial charge in [0, 0.05) is 19.3 Å². The molecule has 0 unspecified atom stereocenters. The van der Waals surface area contributed by atoms with E-state index in [1.165, 1.54) is 37.6 Å². The quantitative estimate of drug-likeness (QED) is 0.883. The molecule has 0 fully saturated rings. The van der Waals surface area contributed by atoms with E-state index < -0.39 is 15.8 Å². The van der Waals surface area contributed by atoms with Crippen LogP contribution in [0, 0.1) is 5.82 Å². The second kappa shape index (κ2) is 5.96. The maximum Gasteiger partial charge on any atom is 0.263 e. The Morgan fingerprint density at radius 2 is 2.00 bits per heavy atom. The van der Waals surface area contributed by atoms with Gasteiger partial charge in [-0.25, -0.2) is 17.8 Å². The highest BCUT2D eigenvalue weighted by Crippen LogP contribution is 2.24. The van der Waals surface area contributed by atoms with Gasteiger partial charge in [0.1, 0.15) is 22.3 Å². The van der Waals surface area contributed by atoms with Crippen LogP contribution in [-0.4, -0.2) is 27.6 Å². The standard InChI is InChI=1S/C13H14FN3O3S/c1-15-13-6-4-10(8-16-13)21(18,19)17-12-7-9(20-2)3-5-11(12)14/h3-8,17H,1-2H3,(H,15,16). The minimum Gasteiger partial charge on any atom is -0.497 e. The number of nitrogens with zero attached hydrogens (tertiary/aromatic N) is 1. The largest absolute Gasteiger partial charge is 0.497 e. The van der Waals surface area contributed by atoms with Crippen LogP contribution in [0.15, 0.2) is 41.4 Å². The highest BCUT2D eigenvalue weighted by atomic mass is 32.2. The zero-order valence-corrected chi connectivity index (χ0v) is 12.2. The van der Waals surface area contributed by atoms with Crippen LogP contribution in [0.4, 0.5) is 15.9 Å². The summed E-state index contributed by atoms with van der Waals surface area (Å²) in [7, 11) is -0.846. The molecule has 0 aliphatic rings. The molecule has 0 amide bonds. The van der Waals surface area contributed by atoms with Crippen LogP contribution in [0.3, 0.4) is 0 Å². The summed E-state index contributed by atoms with van der Waals surface area (Å²) in [6, 6.07) is 6.67. The molecule has 1 aromatic carbocycles. The molecule has 1 heterocycles. The third-order valence-electron chi connectivity index (χ3n) is 2.72. The Labute approximate surface area is 122 Å². The topological polar surface area (TPSA) is 80.3 Å². The molecular formula is C13H14FN3O3S. The normalized spacial score (nSPS) is 11.0. The van der Waals surface area contributed by atoms with E-state index in [0.29, 0.717) is 11.6 Å². The van der Waals surface area contributed by atoms with Gasteiger partial charge in [-0.1, -0.05) is 0 Å². The number of rotatable bonds is 5. The van der Waals surface area contributed by atoms with E-state index in [1.54, 1.807) is 7.05 Å². The fraction of sp³-hybridized carbons (Fsp3) is 0.154. The maximum absolute atomic E-state index is 13.7. The summed E-state index contributed by atoms with van der Waals surface area (Å²) < 4.78 is 45.1. The monoisotopic (exact) mass is 311 g/mol. The first-order valence-electron chi connectivity index (χ1n) is 5.96. The fourth-order valence-corrected chi connectivity index (χ4v) is 2.60. The molecule has 0 aliphatic heterocycles. The Bertz CT molecular complexity index is 733. The van der Waals surface area contributed by atoms with Crippen molar-refractivity contribution in [1.29, 1.82) is 0 Å². The maximum atomic E-state index is 13.7. The van der Waals surface area contributed by atoms with Gasteiger partial charge in [-0.15, -0.1) is 0 Å². The summed E-state index contributed by atoms with van der Waals surface area (Å²) in [5.41, 5.74) is -0.188. The second-order valence-electron chi connectivity index (χ2n) is 4.08. The van der Waals surface area contributed by atoms with E-state index in [2.05, 4.69) is 15.0 Å². The fourth-order valence-electron chi connectivity index (χ4n) is 1.60. The summed E-state index contributed by atoms with van der Waals surface area (Å²) in [4.78, 5) is 3.85. The molecule has 2 aromatic rings. The van der Waals surface area contributed by atoms with Crippen molar-refractivity contribution in [3.05, 3.63) is 42.3 Å². The number of ether oxygens (including phenoxy) is 1. The van der Waals surface area contributed by atoms with Crippen molar-refractivity contribution in [2.24, 2.45) is 0 Å². The number of methoxy groups -OCH3 is 1. The highest BCUT2D eigenvalue weighted by molar-refractivity contribution is 7.92. The number of hydrogen-bond donors (Lipinski definition) is 2. The number of aromatic nitrogens is 1. The average molecular weight is 311 g/mol. The molecule has 6 nitrogen and oxygen atoms in total. The SMILES string of the molecule is CNc1ccc(S(=O)(=O)Nc2cc(OC)ccc2F)cn1. The van der Waals surface area contributed by atoms with Crippen LogP contribution in [0.5, 0.6) is 5.75 Å². The molecule has 112 valence electrons. The molecule has 0 bridgehead atoms. The number of hydrogen-bond acceptors (Lipinski definition) is 5. The summed E-state index contributed by atoms with van der Waals surface area (Å²) >= 11 is 0. The van der Waals surface area contributed by atoms with Gasteiger partial charge in [0.25, 0.3) is 10.0 Å². The van der Waals surface area contributed by atoms with E-state index in [1.807, 2.05) is 0 Å². The number of nitrogens with one attached hydrogen (secondary N) is 2. The number of pyridine rings is 1. The minimum atomic E-state index is -3.92. The van der Waals surface area contributed by atoms with Gasteiger partial charge in [0.15, 0.2) is 0 Å². The van der Waals surface area contributed by atoms with Gasteiger partial charge in [-0.05, 0) is 24.3 Å². The third-order valence-corrected chi connectivity index (χ3v) is 4.07. The summed E-state index contributed by atoms with van der Waals surface area (Å²) in [5.74, 6) is 0.179. The molecule has 0 radical (unpaired) electrons. The first-order chi connectivity index (χ1) is 9.96. The van der Waals surface area contributed by atoms with E-state index in [4.69, 9.17) is 4.74 Å². The van der Waals surface area contributed by atoms with Gasteiger partial charge in [-0.3, -0.25) is 4.72 Å². The Morgan fingerprint density at radius 3 is 2.57 bits per heavy atom. The van der Waals surface area contributed by atoms with Crippen LogP contribution in [-0.2, 0) is 10.0 Å². The molecule has 8 heteroatoms. The van der Waals surface area contributed by atoms with Crippen LogP contribution in [0.25, 0.3) is 0 Å². The van der Waals surface area contributed by atoms with E-state index in [9.17, 15) is 12.8 Å². The molecule has 0 spiro atoms. The van der Waals surface area contributed by atoms with Gasteiger partial charge in [-0.2, -0.15) is 0 Å². The Kier molecular flexibility index (Phi) is 4.27. The van der Waals surface area contributed by atoms with E-state index >= 15 is 0 Å². The summed E-state index contributed by atoms with van der Waals surface area (Å²) in [6.45, 7) is 0. The Morgan fingerprint density at radius 1 is 1.24 bits per heavy atom. The van der Waals surface area contributed by atoms with E-state index in [0.717, 1.165) is 6.07 Å². The molecule has 1 aromatic heterocycles. The molecule has 21 heavy (non-hydrogen) atoms. The number of benzene rings is 1. The first kappa shape index (κ1) is 15.0. The zero-order chi connectivity index (χ0) is 15.5. The lowest BCUT2D eigenvalue weighted by Gasteiger charge is -2.10. The lowest BCUT2D eigenvalue weighted by atomic mass is 10.3. The first-order valence-corrected chi connectivity index (χ1v) is 7.45. The van der Waals surface area contributed by atoms with Gasteiger partial charge in [0.2, 0.25) is 0 Å². The lowest BCUT2D eigenvalue weighted by Crippen LogP contribution is -2.14. The number of anilines is 2. The highest BCUT2D eigenvalue weighted by Gasteiger charge is 2.17. The van der Waals surface area contributed by atoms with Crippen LogP contribution < -0.4 is 14.8 Å². The Hall–Kier alpha value is -2.35. The number of halogens is 1. The predicted molar refractivity (Wildman–Crippen MR) is 77.5 cm³/mol. The minimum absolute atomic E-state index is 0.0660. The molecule has 0 aliphatic carbocycles. The average Bonchev–Trinajstić information content (AvgIpc) is 2.49. The zero-order valence-electron chi connectivity index (χ0n) is 11.4. The lowest BCUT2D eigenvalue weighted by molar-refractivity contribution is 0.414. The molecule has 0 atom stereocenters. The Balaban J connectivity index is 2.32. The number of sulfonamides is 1. The van der Waals surface area contributed by atoms with Crippen molar-refractivity contribution >= 4 is 21.5 Å². The van der Waals surface area contributed by atoms with E-state index in [-0.39, 0.29) is 10.6 Å². The predicted octanol–water partition coefficient (Wildman–Crippen LogP) is 2.07. The smallest absolute Gasteiger partial charge is 0.263 e. The summed E-state index contributed by atoms with van der Waals surface area (Å²) in [6.07, 6.45) is 1.19. The van der Waals surface area contributed by atoms with Gasteiger partial charge in [0.05, 0.1) is 12.8 Å². The van der Waals surface area contributed by atoms with Crippen molar-refractivity contribution in [1.82, 2.24) is 4.98 Å². The third kappa shape index (κ3) is 3.40. The van der Waals surface area contributed by atoms with Gasteiger partial charge >= 0.3 is 0 Å². The summed E-state index contributed by atoms with van der Waals surface area (Å²) in [5, 5.41) is 2.78. The molecule has 0 saturated carbocycles. The van der Waals surface area contributed by atoms with Gasteiger partial charge < -0.3 is 10.1 Å². The van der Waals surface area contributed by atoms with Crippen LogP contribution in [0.2, 0.25) is 0 Å². The van der Waals surface area contributed by atoms with Crippen molar-refractivity contribution in [2.75, 3.05) is 24.2 Å². The van der Waals surface area contributed by atoms with Crippen LogP contribution in [0.1, 0.15) is 0 Å². The van der Waals surface area contributed by atoms with Crippen LogP contribution >= 0.6 is 0 Å². The molecule has 0 saturated heterocycles. The second-order valence-corrected chi connectivity index (χ2v) is 5.76. The van der Waals surface area contributed by atoms with Crippen molar-refractivity contribution in [3.8, 4) is 5.75 Å². The van der Waals surface area contributed by atoms with Crippen molar-refractivity contribution < 1.29 is 17.5 Å². The molecule has 2 N–H and O–H groups in total. The molecular weight excluding hydrogens is 297 g/mol.